The van der Waals surface area contributed by atoms with Crippen LogP contribution in [0.2, 0.25) is 0 Å². The second kappa shape index (κ2) is 4.81. The summed E-state index contributed by atoms with van der Waals surface area (Å²) >= 11 is 1.87. The molecule has 0 amide bonds. The van der Waals surface area contributed by atoms with Crippen molar-refractivity contribution in [3.8, 4) is 0 Å². The summed E-state index contributed by atoms with van der Waals surface area (Å²) in [5.41, 5.74) is 2.57. The summed E-state index contributed by atoms with van der Waals surface area (Å²) in [6, 6.07) is 2.23. The first kappa shape index (κ1) is 12.4. The molecule has 2 aromatic heterocycles. The van der Waals surface area contributed by atoms with Crippen LogP contribution in [0.1, 0.15) is 21.8 Å². The molecule has 100 valence electrons. The third-order valence-corrected chi connectivity index (χ3v) is 4.60. The van der Waals surface area contributed by atoms with Crippen LogP contribution in [0.3, 0.4) is 0 Å². The maximum absolute atomic E-state index is 4.64. The van der Waals surface area contributed by atoms with Gasteiger partial charge in [0.15, 0.2) is 0 Å². The summed E-state index contributed by atoms with van der Waals surface area (Å²) in [6.45, 7) is 6.03. The zero-order valence-corrected chi connectivity index (χ0v) is 12.3. The number of anilines is 2. The highest BCUT2D eigenvalue weighted by molar-refractivity contribution is 7.10. The number of aromatic nitrogens is 2. The Morgan fingerprint density at radius 1 is 1.32 bits per heavy atom. The Kier molecular flexibility index (Phi) is 3.14. The number of nitrogens with one attached hydrogen (secondary N) is 1. The van der Waals surface area contributed by atoms with Crippen LogP contribution >= 0.6 is 11.3 Å². The molecule has 0 saturated carbocycles. The van der Waals surface area contributed by atoms with E-state index in [0.717, 1.165) is 42.5 Å². The summed E-state index contributed by atoms with van der Waals surface area (Å²) in [4.78, 5) is 13.0. The maximum atomic E-state index is 4.64. The maximum Gasteiger partial charge on any atom is 0.137 e. The average molecular weight is 274 g/mol. The molecule has 0 aromatic carbocycles. The van der Waals surface area contributed by atoms with Crippen molar-refractivity contribution in [2.45, 2.75) is 26.8 Å². The molecule has 19 heavy (non-hydrogen) atoms. The molecule has 0 radical (unpaired) electrons. The van der Waals surface area contributed by atoms with Gasteiger partial charge in [-0.3, -0.25) is 0 Å². The van der Waals surface area contributed by atoms with E-state index in [4.69, 9.17) is 0 Å². The van der Waals surface area contributed by atoms with Crippen molar-refractivity contribution < 1.29 is 0 Å². The van der Waals surface area contributed by atoms with Gasteiger partial charge in [0, 0.05) is 30.6 Å². The predicted molar refractivity (Wildman–Crippen MR) is 80.1 cm³/mol. The van der Waals surface area contributed by atoms with Crippen molar-refractivity contribution in [2.24, 2.45) is 0 Å². The second-order valence-electron chi connectivity index (χ2n) is 4.86. The molecular weight excluding hydrogens is 256 g/mol. The third-order valence-electron chi connectivity index (χ3n) is 3.58. The first-order valence-corrected chi connectivity index (χ1v) is 7.40. The van der Waals surface area contributed by atoms with Gasteiger partial charge in [-0.15, -0.1) is 11.3 Å². The minimum absolute atomic E-state index is 0.820. The van der Waals surface area contributed by atoms with E-state index in [9.17, 15) is 0 Å². The molecular formula is C14H18N4S. The van der Waals surface area contributed by atoms with Crippen molar-refractivity contribution in [1.29, 1.82) is 0 Å². The minimum atomic E-state index is 0.820. The lowest BCUT2D eigenvalue weighted by atomic mass is 10.1. The number of aryl methyl sites for hydroxylation is 1. The Balaban J connectivity index is 1.97. The number of fused-ring (bicyclic) bond motifs is 1. The summed E-state index contributed by atoms with van der Waals surface area (Å²) in [5.74, 6) is 2.81. The van der Waals surface area contributed by atoms with Crippen LogP contribution in [0.5, 0.6) is 0 Å². The van der Waals surface area contributed by atoms with Gasteiger partial charge in [-0.2, -0.15) is 0 Å². The fourth-order valence-corrected chi connectivity index (χ4v) is 3.48. The molecule has 0 unspecified atom stereocenters. The first-order valence-electron chi connectivity index (χ1n) is 6.52. The van der Waals surface area contributed by atoms with Gasteiger partial charge in [0.25, 0.3) is 0 Å². The highest BCUT2D eigenvalue weighted by Crippen LogP contribution is 2.30. The van der Waals surface area contributed by atoms with E-state index in [2.05, 4.69) is 38.6 Å². The van der Waals surface area contributed by atoms with Crippen molar-refractivity contribution in [2.75, 3.05) is 23.8 Å². The molecule has 4 nitrogen and oxygen atoms in total. The molecule has 3 heterocycles. The third kappa shape index (κ3) is 2.18. The molecule has 1 aliphatic rings. The molecule has 0 saturated heterocycles. The SMILES string of the molecule is CNc1nc(C)nc(N2CCc3sccc3C2)c1C. The van der Waals surface area contributed by atoms with Crippen LogP contribution < -0.4 is 10.2 Å². The van der Waals surface area contributed by atoms with E-state index in [1.807, 2.05) is 25.3 Å². The fraction of sp³-hybridized carbons (Fsp3) is 0.429. The van der Waals surface area contributed by atoms with E-state index in [-0.39, 0.29) is 0 Å². The van der Waals surface area contributed by atoms with Crippen molar-refractivity contribution in [3.63, 3.8) is 0 Å². The van der Waals surface area contributed by atoms with Gasteiger partial charge in [0.1, 0.15) is 17.5 Å². The van der Waals surface area contributed by atoms with Gasteiger partial charge in [-0.05, 0) is 37.3 Å². The Morgan fingerprint density at radius 2 is 2.16 bits per heavy atom. The molecule has 0 fully saturated rings. The summed E-state index contributed by atoms with van der Waals surface area (Å²) in [6.07, 6.45) is 1.12. The Bertz CT molecular complexity index is 605. The quantitative estimate of drug-likeness (QED) is 0.914. The molecule has 0 aliphatic carbocycles. The molecule has 0 spiro atoms. The van der Waals surface area contributed by atoms with Crippen LogP contribution in [-0.2, 0) is 13.0 Å². The topological polar surface area (TPSA) is 41.1 Å². The number of hydrogen-bond acceptors (Lipinski definition) is 5. The van der Waals surface area contributed by atoms with E-state index < -0.39 is 0 Å². The Labute approximate surface area is 117 Å². The van der Waals surface area contributed by atoms with Gasteiger partial charge in [0.2, 0.25) is 0 Å². The van der Waals surface area contributed by atoms with Crippen molar-refractivity contribution in [1.82, 2.24) is 9.97 Å². The van der Waals surface area contributed by atoms with Gasteiger partial charge >= 0.3 is 0 Å². The highest BCUT2D eigenvalue weighted by Gasteiger charge is 2.21. The standard InChI is InChI=1S/C14H18N4S/c1-9-13(15-3)16-10(2)17-14(9)18-6-4-12-11(8-18)5-7-19-12/h5,7H,4,6,8H2,1-3H3,(H,15,16,17). The lowest BCUT2D eigenvalue weighted by Gasteiger charge is -2.29. The van der Waals surface area contributed by atoms with Gasteiger partial charge < -0.3 is 10.2 Å². The number of rotatable bonds is 2. The van der Waals surface area contributed by atoms with Crippen LogP contribution in [0, 0.1) is 13.8 Å². The summed E-state index contributed by atoms with van der Waals surface area (Å²) < 4.78 is 0. The first-order chi connectivity index (χ1) is 9.19. The van der Waals surface area contributed by atoms with E-state index >= 15 is 0 Å². The predicted octanol–water partition coefficient (Wildman–Crippen LogP) is 2.76. The van der Waals surface area contributed by atoms with Gasteiger partial charge in [-0.1, -0.05) is 0 Å². The molecule has 2 aromatic rings. The van der Waals surface area contributed by atoms with Crippen molar-refractivity contribution in [3.05, 3.63) is 33.3 Å². The Hall–Kier alpha value is -1.62. The van der Waals surface area contributed by atoms with Gasteiger partial charge in [0.05, 0.1) is 0 Å². The lowest BCUT2D eigenvalue weighted by Crippen LogP contribution is -2.31. The number of thiophene rings is 1. The van der Waals surface area contributed by atoms with E-state index in [1.54, 1.807) is 0 Å². The molecule has 0 bridgehead atoms. The second-order valence-corrected chi connectivity index (χ2v) is 5.86. The zero-order chi connectivity index (χ0) is 13.4. The molecule has 1 N–H and O–H groups in total. The fourth-order valence-electron chi connectivity index (χ4n) is 2.59. The van der Waals surface area contributed by atoms with E-state index in [0.29, 0.717) is 0 Å². The molecule has 3 rings (SSSR count). The minimum Gasteiger partial charge on any atom is -0.373 e. The van der Waals surface area contributed by atoms with Gasteiger partial charge in [-0.25, -0.2) is 9.97 Å². The van der Waals surface area contributed by atoms with E-state index in [1.165, 1.54) is 10.4 Å². The zero-order valence-electron chi connectivity index (χ0n) is 11.5. The largest absolute Gasteiger partial charge is 0.373 e. The van der Waals surface area contributed by atoms with Crippen LogP contribution in [0.15, 0.2) is 11.4 Å². The number of nitrogens with zero attached hydrogens (tertiary/aromatic N) is 3. The van der Waals surface area contributed by atoms with Crippen LogP contribution in [0.4, 0.5) is 11.6 Å². The van der Waals surface area contributed by atoms with Crippen LogP contribution in [-0.4, -0.2) is 23.6 Å². The normalized spacial score (nSPS) is 14.4. The monoisotopic (exact) mass is 274 g/mol. The molecule has 1 aliphatic heterocycles. The highest BCUT2D eigenvalue weighted by atomic mass is 32.1. The lowest BCUT2D eigenvalue weighted by molar-refractivity contribution is 0.724. The molecule has 0 atom stereocenters. The average Bonchev–Trinajstić information content (AvgIpc) is 2.88. The summed E-state index contributed by atoms with van der Waals surface area (Å²) in [5, 5.41) is 5.34. The summed E-state index contributed by atoms with van der Waals surface area (Å²) in [7, 11) is 1.91. The Morgan fingerprint density at radius 3 is 2.95 bits per heavy atom. The smallest absolute Gasteiger partial charge is 0.137 e. The van der Waals surface area contributed by atoms with Crippen molar-refractivity contribution >= 4 is 23.0 Å². The van der Waals surface area contributed by atoms with Crippen LogP contribution in [0.25, 0.3) is 0 Å². The molecule has 5 heteroatoms. The number of hydrogen-bond donors (Lipinski definition) is 1.